The molecule has 0 radical (unpaired) electrons. The van der Waals surface area contributed by atoms with Gasteiger partial charge in [-0.05, 0) is 31.0 Å². The van der Waals surface area contributed by atoms with Gasteiger partial charge in [0, 0.05) is 25.1 Å². The van der Waals surface area contributed by atoms with Crippen LogP contribution in [0.25, 0.3) is 0 Å². The zero-order valence-electron chi connectivity index (χ0n) is 12.0. The zero-order chi connectivity index (χ0) is 15.3. The van der Waals surface area contributed by atoms with Crippen LogP contribution >= 0.6 is 0 Å². The number of nitrogens with one attached hydrogen (secondary N) is 2. The molecule has 0 spiro atoms. The maximum absolute atomic E-state index is 12.5. The molecule has 0 saturated carbocycles. The van der Waals surface area contributed by atoms with Crippen LogP contribution in [-0.2, 0) is 10.0 Å². The Hall–Kier alpha value is -2.15. The Morgan fingerprint density at radius 3 is 2.52 bits per heavy atom. The van der Waals surface area contributed by atoms with Crippen LogP contribution in [0.5, 0.6) is 0 Å². The minimum absolute atomic E-state index is 0.127. The average molecular weight is 306 g/mol. The summed E-state index contributed by atoms with van der Waals surface area (Å²) in [7, 11) is -3.71. The number of pyridine rings is 2. The summed E-state index contributed by atoms with van der Waals surface area (Å²) in [5.74, 6) is 0. The van der Waals surface area contributed by atoms with Crippen molar-refractivity contribution < 1.29 is 8.42 Å². The lowest BCUT2D eigenvalue weighted by Crippen LogP contribution is -2.16. The fourth-order valence-electron chi connectivity index (χ4n) is 1.77. The molecule has 0 aliphatic heterocycles. The van der Waals surface area contributed by atoms with E-state index in [1.165, 1.54) is 12.4 Å². The first-order valence-corrected chi connectivity index (χ1v) is 8.14. The molecule has 0 amide bonds. The van der Waals surface area contributed by atoms with Crippen LogP contribution in [0.2, 0.25) is 0 Å². The molecule has 0 unspecified atom stereocenters. The Morgan fingerprint density at radius 1 is 1.10 bits per heavy atom. The monoisotopic (exact) mass is 306 g/mol. The molecule has 0 aromatic carbocycles. The van der Waals surface area contributed by atoms with E-state index in [1.807, 2.05) is 13.8 Å². The highest BCUT2D eigenvalue weighted by molar-refractivity contribution is 7.92. The van der Waals surface area contributed by atoms with E-state index in [0.717, 1.165) is 12.0 Å². The molecule has 2 N–H and O–H groups in total. The van der Waals surface area contributed by atoms with E-state index in [0.29, 0.717) is 17.9 Å². The van der Waals surface area contributed by atoms with E-state index in [4.69, 9.17) is 0 Å². The molecule has 2 aromatic rings. The van der Waals surface area contributed by atoms with Gasteiger partial charge in [0.15, 0.2) is 0 Å². The molecule has 2 rings (SSSR count). The second-order valence-electron chi connectivity index (χ2n) is 4.59. The first kappa shape index (κ1) is 15.2. The van der Waals surface area contributed by atoms with Crippen molar-refractivity contribution in [3.63, 3.8) is 0 Å². The maximum atomic E-state index is 12.5. The van der Waals surface area contributed by atoms with Crippen molar-refractivity contribution in [1.82, 2.24) is 9.97 Å². The third-order valence-electron chi connectivity index (χ3n) is 2.92. The van der Waals surface area contributed by atoms with Crippen molar-refractivity contribution >= 4 is 21.4 Å². The highest BCUT2D eigenvalue weighted by atomic mass is 32.2. The number of hydrogen-bond acceptors (Lipinski definition) is 5. The maximum Gasteiger partial charge on any atom is 0.265 e. The summed E-state index contributed by atoms with van der Waals surface area (Å²) in [6.07, 6.45) is 6.91. The van der Waals surface area contributed by atoms with E-state index in [-0.39, 0.29) is 4.90 Å². The van der Waals surface area contributed by atoms with E-state index < -0.39 is 10.0 Å². The predicted molar refractivity (Wildman–Crippen MR) is 82.8 cm³/mol. The van der Waals surface area contributed by atoms with Crippen molar-refractivity contribution in [1.29, 1.82) is 0 Å². The number of aryl methyl sites for hydroxylation is 1. The molecule has 0 atom stereocenters. The fraction of sp³-hybridized carbons (Fsp3) is 0.286. The molecular weight excluding hydrogens is 288 g/mol. The molecule has 0 aliphatic carbocycles. The minimum Gasteiger partial charge on any atom is -0.384 e. The topological polar surface area (TPSA) is 84.0 Å². The molecule has 6 nitrogen and oxygen atoms in total. The standard InChI is InChI=1S/C14H18N4O2S/c1-3-6-17-12-5-8-16-10-14(12)21(19,20)18-13-9-15-7-4-11(13)2/h4-5,7-10,18H,3,6H2,1-2H3,(H,16,17). The summed E-state index contributed by atoms with van der Waals surface area (Å²) in [6, 6.07) is 3.40. The Bertz CT molecular complexity index is 716. The van der Waals surface area contributed by atoms with Gasteiger partial charge in [-0.1, -0.05) is 6.92 Å². The van der Waals surface area contributed by atoms with E-state index >= 15 is 0 Å². The lowest BCUT2D eigenvalue weighted by molar-refractivity contribution is 0.601. The summed E-state index contributed by atoms with van der Waals surface area (Å²) in [5, 5.41) is 3.09. The summed E-state index contributed by atoms with van der Waals surface area (Å²) in [5.41, 5.74) is 1.81. The van der Waals surface area contributed by atoms with Crippen molar-refractivity contribution in [2.24, 2.45) is 0 Å². The van der Waals surface area contributed by atoms with E-state index in [1.54, 1.807) is 24.5 Å². The van der Waals surface area contributed by atoms with Crippen molar-refractivity contribution in [2.45, 2.75) is 25.2 Å². The third kappa shape index (κ3) is 3.69. The van der Waals surface area contributed by atoms with Crippen molar-refractivity contribution in [3.8, 4) is 0 Å². The van der Waals surface area contributed by atoms with Gasteiger partial charge in [0.25, 0.3) is 10.0 Å². The summed E-state index contributed by atoms with van der Waals surface area (Å²) >= 11 is 0. The Morgan fingerprint density at radius 2 is 1.81 bits per heavy atom. The lowest BCUT2D eigenvalue weighted by Gasteiger charge is -2.13. The molecule has 0 bridgehead atoms. The number of aromatic nitrogens is 2. The minimum atomic E-state index is -3.71. The number of rotatable bonds is 6. The number of sulfonamides is 1. The number of hydrogen-bond donors (Lipinski definition) is 2. The van der Waals surface area contributed by atoms with Crippen LogP contribution < -0.4 is 10.0 Å². The van der Waals surface area contributed by atoms with Gasteiger partial charge in [0.05, 0.1) is 17.6 Å². The van der Waals surface area contributed by atoms with Gasteiger partial charge < -0.3 is 5.32 Å². The van der Waals surface area contributed by atoms with E-state index in [9.17, 15) is 8.42 Å². The average Bonchev–Trinajstić information content (AvgIpc) is 2.47. The van der Waals surface area contributed by atoms with Crippen LogP contribution in [0.3, 0.4) is 0 Å². The highest BCUT2D eigenvalue weighted by Gasteiger charge is 2.19. The largest absolute Gasteiger partial charge is 0.384 e. The van der Waals surface area contributed by atoms with Crippen molar-refractivity contribution in [2.75, 3.05) is 16.6 Å². The molecule has 112 valence electrons. The van der Waals surface area contributed by atoms with Crippen LogP contribution in [0.1, 0.15) is 18.9 Å². The Balaban J connectivity index is 2.34. The zero-order valence-corrected chi connectivity index (χ0v) is 12.8. The first-order valence-electron chi connectivity index (χ1n) is 6.66. The summed E-state index contributed by atoms with van der Waals surface area (Å²) in [4.78, 5) is 7.97. The van der Waals surface area contributed by atoms with Gasteiger partial charge in [-0.25, -0.2) is 8.42 Å². The molecular formula is C14H18N4O2S. The second-order valence-corrected chi connectivity index (χ2v) is 6.25. The molecule has 2 heterocycles. The van der Waals surface area contributed by atoms with Gasteiger partial charge in [-0.3, -0.25) is 14.7 Å². The first-order chi connectivity index (χ1) is 10.0. The lowest BCUT2D eigenvalue weighted by atomic mass is 10.3. The van der Waals surface area contributed by atoms with Crippen LogP contribution in [0.15, 0.2) is 41.8 Å². The van der Waals surface area contributed by atoms with Gasteiger partial charge in [0.1, 0.15) is 4.90 Å². The van der Waals surface area contributed by atoms with Gasteiger partial charge >= 0.3 is 0 Å². The highest BCUT2D eigenvalue weighted by Crippen LogP contribution is 2.23. The predicted octanol–water partition coefficient (Wildman–Crippen LogP) is 2.41. The van der Waals surface area contributed by atoms with Gasteiger partial charge in [-0.15, -0.1) is 0 Å². The molecule has 7 heteroatoms. The van der Waals surface area contributed by atoms with Gasteiger partial charge in [0.2, 0.25) is 0 Å². The van der Waals surface area contributed by atoms with Crippen LogP contribution in [-0.4, -0.2) is 24.9 Å². The molecule has 2 aromatic heterocycles. The summed E-state index contributed by atoms with van der Waals surface area (Å²) in [6.45, 7) is 4.52. The van der Waals surface area contributed by atoms with E-state index in [2.05, 4.69) is 20.0 Å². The summed E-state index contributed by atoms with van der Waals surface area (Å²) < 4.78 is 27.6. The Kier molecular flexibility index (Phi) is 4.74. The SMILES string of the molecule is CCCNc1ccncc1S(=O)(=O)Nc1cnccc1C. The van der Waals surface area contributed by atoms with Crippen LogP contribution in [0.4, 0.5) is 11.4 Å². The van der Waals surface area contributed by atoms with Gasteiger partial charge in [-0.2, -0.15) is 0 Å². The Labute approximate surface area is 124 Å². The normalized spacial score (nSPS) is 11.1. The molecule has 0 fully saturated rings. The molecule has 0 saturated heterocycles. The molecule has 0 aliphatic rings. The fourth-order valence-corrected chi connectivity index (χ4v) is 3.01. The second kappa shape index (κ2) is 6.53. The third-order valence-corrected chi connectivity index (χ3v) is 4.32. The number of nitrogens with zero attached hydrogens (tertiary/aromatic N) is 2. The quantitative estimate of drug-likeness (QED) is 0.856. The smallest absolute Gasteiger partial charge is 0.265 e. The molecule has 21 heavy (non-hydrogen) atoms. The number of anilines is 2. The van der Waals surface area contributed by atoms with Crippen molar-refractivity contribution in [3.05, 3.63) is 42.5 Å². The van der Waals surface area contributed by atoms with Crippen LogP contribution in [0, 0.1) is 6.92 Å².